The van der Waals surface area contributed by atoms with Crippen LogP contribution in [-0.4, -0.2) is 22.2 Å². The summed E-state index contributed by atoms with van der Waals surface area (Å²) < 4.78 is 0. The molecule has 1 aromatic carbocycles. The van der Waals surface area contributed by atoms with Crippen LogP contribution in [0.15, 0.2) is 18.2 Å². The van der Waals surface area contributed by atoms with Crippen LogP contribution < -0.4 is 5.32 Å². The number of aromatic hydroxyl groups is 2. The Labute approximate surface area is 100 Å². The Morgan fingerprint density at radius 2 is 2.12 bits per heavy atom. The van der Waals surface area contributed by atoms with Crippen molar-refractivity contribution in [1.82, 2.24) is 5.32 Å². The van der Waals surface area contributed by atoms with Crippen molar-refractivity contribution in [3.8, 4) is 23.3 Å². The summed E-state index contributed by atoms with van der Waals surface area (Å²) in [6.07, 6.45) is 0.560. The van der Waals surface area contributed by atoms with Gasteiger partial charge in [0.1, 0.15) is 0 Å². The second-order valence-corrected chi connectivity index (χ2v) is 3.78. The van der Waals surface area contributed by atoms with Gasteiger partial charge in [0.2, 0.25) is 0 Å². The molecular weight excluding hydrogens is 218 g/mol. The van der Waals surface area contributed by atoms with Crippen molar-refractivity contribution in [3.05, 3.63) is 23.8 Å². The lowest BCUT2D eigenvalue weighted by Crippen LogP contribution is -2.33. The normalized spacial score (nSPS) is 11.2. The summed E-state index contributed by atoms with van der Waals surface area (Å²) in [6, 6.07) is 4.50. The largest absolute Gasteiger partial charge is 0.504 e. The van der Waals surface area contributed by atoms with E-state index in [4.69, 9.17) is 5.11 Å². The molecule has 90 valence electrons. The number of phenolic OH excluding ortho intramolecular Hbond substituents is 2. The van der Waals surface area contributed by atoms with Crippen LogP contribution in [0.1, 0.15) is 19.4 Å². The topological polar surface area (TPSA) is 69.6 Å². The van der Waals surface area contributed by atoms with Crippen molar-refractivity contribution >= 4 is 5.91 Å². The molecule has 1 unspecified atom stereocenters. The van der Waals surface area contributed by atoms with E-state index in [-0.39, 0.29) is 23.4 Å². The van der Waals surface area contributed by atoms with Gasteiger partial charge in [-0.25, -0.2) is 0 Å². The number of benzene rings is 1. The van der Waals surface area contributed by atoms with Gasteiger partial charge in [-0.3, -0.25) is 4.79 Å². The van der Waals surface area contributed by atoms with Crippen LogP contribution in [0.4, 0.5) is 0 Å². The summed E-state index contributed by atoms with van der Waals surface area (Å²) in [7, 11) is 0. The molecule has 4 nitrogen and oxygen atoms in total. The number of phenols is 2. The molecular formula is C13H15NO3. The van der Waals surface area contributed by atoms with E-state index in [1.807, 2.05) is 6.92 Å². The fraction of sp³-hybridized carbons (Fsp3) is 0.308. The molecule has 0 aliphatic carbocycles. The van der Waals surface area contributed by atoms with E-state index < -0.39 is 0 Å². The summed E-state index contributed by atoms with van der Waals surface area (Å²) in [5, 5.41) is 21.2. The van der Waals surface area contributed by atoms with Gasteiger partial charge in [-0.15, -0.1) is 0 Å². The molecule has 0 heterocycles. The molecule has 0 saturated heterocycles. The monoisotopic (exact) mass is 233 g/mol. The van der Waals surface area contributed by atoms with Crippen molar-refractivity contribution < 1.29 is 15.0 Å². The molecule has 0 aliphatic heterocycles. The standard InChI is InChI=1S/C13H15NO3/c1-3-4-13(17)14-9(2)7-10-5-6-11(15)12(16)8-10/h5-6,8-9,15-16H,7H2,1-2H3,(H,14,17). The second kappa shape index (κ2) is 5.80. The number of amides is 1. The minimum absolute atomic E-state index is 0.0905. The summed E-state index contributed by atoms with van der Waals surface area (Å²) in [5.74, 6) is 4.29. The first kappa shape index (κ1) is 12.9. The maximum atomic E-state index is 11.2. The highest BCUT2D eigenvalue weighted by atomic mass is 16.3. The molecule has 0 saturated carbocycles. The first-order valence-electron chi connectivity index (χ1n) is 5.27. The molecule has 0 fully saturated rings. The maximum Gasteiger partial charge on any atom is 0.296 e. The lowest BCUT2D eigenvalue weighted by Gasteiger charge is -2.12. The van der Waals surface area contributed by atoms with Crippen molar-refractivity contribution in [2.24, 2.45) is 0 Å². The van der Waals surface area contributed by atoms with E-state index in [0.29, 0.717) is 6.42 Å². The fourth-order valence-corrected chi connectivity index (χ4v) is 1.47. The van der Waals surface area contributed by atoms with Crippen molar-refractivity contribution in [2.45, 2.75) is 26.3 Å². The number of nitrogens with one attached hydrogen (secondary N) is 1. The molecule has 0 radical (unpaired) electrons. The Bertz CT molecular complexity index is 471. The third kappa shape index (κ3) is 4.07. The highest BCUT2D eigenvalue weighted by molar-refractivity contribution is 5.93. The molecule has 1 rings (SSSR count). The van der Waals surface area contributed by atoms with Gasteiger partial charge in [-0.1, -0.05) is 12.0 Å². The van der Waals surface area contributed by atoms with Crippen LogP contribution in [0.25, 0.3) is 0 Å². The Hall–Kier alpha value is -2.15. The van der Waals surface area contributed by atoms with Crippen LogP contribution >= 0.6 is 0 Å². The average molecular weight is 233 g/mol. The van der Waals surface area contributed by atoms with Gasteiger partial charge in [-0.2, -0.15) is 0 Å². The molecule has 1 amide bonds. The fourth-order valence-electron chi connectivity index (χ4n) is 1.47. The van der Waals surface area contributed by atoms with Crippen LogP contribution in [0.2, 0.25) is 0 Å². The van der Waals surface area contributed by atoms with Crippen LogP contribution in [0, 0.1) is 11.8 Å². The molecule has 3 N–H and O–H groups in total. The third-order valence-corrected chi connectivity index (χ3v) is 2.20. The van der Waals surface area contributed by atoms with Gasteiger partial charge in [0, 0.05) is 6.04 Å². The summed E-state index contributed by atoms with van der Waals surface area (Å²) in [5.41, 5.74) is 0.831. The number of hydrogen-bond acceptors (Lipinski definition) is 3. The Balaban J connectivity index is 2.60. The highest BCUT2D eigenvalue weighted by Crippen LogP contribution is 2.25. The first-order chi connectivity index (χ1) is 8.02. The third-order valence-electron chi connectivity index (χ3n) is 2.20. The number of rotatable bonds is 3. The average Bonchev–Trinajstić information content (AvgIpc) is 2.23. The minimum atomic E-state index is -0.317. The molecule has 1 aromatic rings. The Morgan fingerprint density at radius 1 is 1.41 bits per heavy atom. The quantitative estimate of drug-likeness (QED) is 0.542. The van der Waals surface area contributed by atoms with Gasteiger partial charge < -0.3 is 15.5 Å². The number of hydrogen-bond donors (Lipinski definition) is 3. The van der Waals surface area contributed by atoms with Gasteiger partial charge in [0.25, 0.3) is 5.91 Å². The SMILES string of the molecule is CC#CC(=O)NC(C)Cc1ccc(O)c(O)c1. The van der Waals surface area contributed by atoms with Crippen molar-refractivity contribution in [1.29, 1.82) is 0 Å². The van der Waals surface area contributed by atoms with E-state index in [1.165, 1.54) is 12.1 Å². The molecule has 1 atom stereocenters. The molecule has 0 spiro atoms. The summed E-state index contributed by atoms with van der Waals surface area (Å²) in [4.78, 5) is 11.2. The lowest BCUT2D eigenvalue weighted by atomic mass is 10.1. The minimum Gasteiger partial charge on any atom is -0.504 e. The van der Waals surface area contributed by atoms with Crippen molar-refractivity contribution in [3.63, 3.8) is 0 Å². The van der Waals surface area contributed by atoms with E-state index in [1.54, 1.807) is 13.0 Å². The van der Waals surface area contributed by atoms with Gasteiger partial charge >= 0.3 is 0 Å². The zero-order chi connectivity index (χ0) is 12.8. The van der Waals surface area contributed by atoms with Crippen molar-refractivity contribution in [2.75, 3.05) is 0 Å². The van der Waals surface area contributed by atoms with Gasteiger partial charge in [0.05, 0.1) is 0 Å². The highest BCUT2D eigenvalue weighted by Gasteiger charge is 2.07. The summed E-state index contributed by atoms with van der Waals surface area (Å²) in [6.45, 7) is 3.45. The first-order valence-corrected chi connectivity index (χ1v) is 5.27. The van der Waals surface area contributed by atoms with E-state index in [9.17, 15) is 9.90 Å². The zero-order valence-corrected chi connectivity index (χ0v) is 9.82. The zero-order valence-electron chi connectivity index (χ0n) is 9.82. The van der Waals surface area contributed by atoms with Crippen LogP contribution in [0.5, 0.6) is 11.5 Å². The van der Waals surface area contributed by atoms with E-state index in [2.05, 4.69) is 17.2 Å². The smallest absolute Gasteiger partial charge is 0.296 e. The lowest BCUT2D eigenvalue weighted by molar-refractivity contribution is -0.116. The summed E-state index contributed by atoms with van der Waals surface area (Å²) >= 11 is 0. The molecule has 0 aromatic heterocycles. The van der Waals surface area contributed by atoms with E-state index in [0.717, 1.165) is 5.56 Å². The predicted octanol–water partition coefficient (Wildman–Crippen LogP) is 1.17. The molecule has 17 heavy (non-hydrogen) atoms. The van der Waals surface area contributed by atoms with Gasteiger partial charge in [0.15, 0.2) is 11.5 Å². The maximum absolute atomic E-state index is 11.2. The van der Waals surface area contributed by atoms with E-state index >= 15 is 0 Å². The number of carbonyl (C=O) groups excluding carboxylic acids is 1. The number of carbonyl (C=O) groups is 1. The molecule has 0 aliphatic rings. The van der Waals surface area contributed by atoms with Crippen LogP contribution in [-0.2, 0) is 11.2 Å². The Morgan fingerprint density at radius 3 is 2.71 bits per heavy atom. The predicted molar refractivity (Wildman–Crippen MR) is 64.5 cm³/mol. The van der Waals surface area contributed by atoms with Gasteiger partial charge in [-0.05, 0) is 43.9 Å². The Kier molecular flexibility index (Phi) is 4.41. The molecule has 4 heteroatoms. The van der Waals surface area contributed by atoms with Crippen LogP contribution in [0.3, 0.4) is 0 Å². The second-order valence-electron chi connectivity index (χ2n) is 3.78. The molecule has 0 bridgehead atoms.